The lowest BCUT2D eigenvalue weighted by Crippen LogP contribution is -2.49. The van der Waals surface area contributed by atoms with Crippen molar-refractivity contribution in [1.82, 2.24) is 29.5 Å². The van der Waals surface area contributed by atoms with Gasteiger partial charge in [-0.1, -0.05) is 32.8 Å². The number of esters is 1. The lowest BCUT2D eigenvalue weighted by Gasteiger charge is -2.39. The number of fused-ring (bicyclic) bond motifs is 1. The predicted molar refractivity (Wildman–Crippen MR) is 163 cm³/mol. The van der Waals surface area contributed by atoms with Crippen molar-refractivity contribution in [2.24, 2.45) is 5.41 Å². The van der Waals surface area contributed by atoms with Gasteiger partial charge in [0.2, 0.25) is 0 Å². The monoisotopic (exact) mass is 565 g/mol. The molecule has 3 aromatic heterocycles. The van der Waals surface area contributed by atoms with Gasteiger partial charge in [-0.2, -0.15) is 5.10 Å². The Morgan fingerprint density at radius 2 is 2.08 bits per heavy atom. The first-order valence-electron chi connectivity index (χ1n) is 14.0. The first-order chi connectivity index (χ1) is 19.1. The number of carbonyl (C=O) groups excluding carboxylic acids is 1. The maximum atomic E-state index is 12.9. The molecule has 2 N–H and O–H groups in total. The number of hydrogen-bond acceptors (Lipinski definition) is 8. The van der Waals surface area contributed by atoms with E-state index in [4.69, 9.17) is 9.72 Å². The van der Waals surface area contributed by atoms with E-state index >= 15 is 0 Å². The van der Waals surface area contributed by atoms with Crippen LogP contribution in [0.1, 0.15) is 65.5 Å². The van der Waals surface area contributed by atoms with Crippen LogP contribution in [0.4, 0.5) is 5.82 Å². The highest BCUT2D eigenvalue weighted by Crippen LogP contribution is 2.37. The van der Waals surface area contributed by atoms with Gasteiger partial charge in [-0.25, -0.2) is 9.97 Å². The summed E-state index contributed by atoms with van der Waals surface area (Å²) in [7, 11) is 0. The molecule has 9 nitrogen and oxygen atoms in total. The van der Waals surface area contributed by atoms with Gasteiger partial charge in [-0.15, -0.1) is 11.8 Å². The topological polar surface area (TPSA) is 100 Å². The maximum absolute atomic E-state index is 12.9. The summed E-state index contributed by atoms with van der Waals surface area (Å²) >= 11 is 1.59. The second-order valence-corrected chi connectivity index (χ2v) is 12.4. The molecule has 40 heavy (non-hydrogen) atoms. The number of ether oxygens (including phenoxy) is 1. The Hall–Kier alpha value is -3.11. The van der Waals surface area contributed by atoms with Crippen LogP contribution in [0.25, 0.3) is 16.9 Å². The van der Waals surface area contributed by atoms with Crippen molar-refractivity contribution >= 4 is 29.2 Å². The van der Waals surface area contributed by atoms with Gasteiger partial charge in [-0.3, -0.25) is 19.2 Å². The van der Waals surface area contributed by atoms with Crippen LogP contribution in [-0.4, -0.2) is 66.9 Å². The summed E-state index contributed by atoms with van der Waals surface area (Å²) in [5.41, 5.74) is 3.77. The zero-order chi connectivity index (χ0) is 28.9. The predicted octanol–water partition coefficient (Wildman–Crippen LogP) is 6.21. The Labute approximate surface area is 241 Å². The third-order valence-electron chi connectivity index (χ3n) is 7.84. The first-order valence-corrected chi connectivity index (χ1v) is 15.3. The Kier molecular flexibility index (Phi) is 9.41. The maximum Gasteiger partial charge on any atom is 0.311 e. The molecule has 1 saturated carbocycles. The van der Waals surface area contributed by atoms with E-state index in [9.17, 15) is 4.79 Å². The number of H-pyrrole nitrogens is 1. The van der Waals surface area contributed by atoms with Crippen LogP contribution in [0.5, 0.6) is 0 Å². The van der Waals surface area contributed by atoms with Crippen LogP contribution in [0, 0.1) is 12.3 Å². The number of thioether (sulfide) groups is 1. The molecule has 0 spiro atoms. The fourth-order valence-electron chi connectivity index (χ4n) is 5.33. The lowest BCUT2D eigenvalue weighted by molar-refractivity contribution is -0.160. The highest BCUT2D eigenvalue weighted by atomic mass is 32.2. The van der Waals surface area contributed by atoms with Crippen LogP contribution < -0.4 is 5.32 Å². The lowest BCUT2D eigenvalue weighted by atomic mass is 9.76. The molecule has 0 saturated heterocycles. The molecule has 3 heterocycles. The molecule has 0 unspecified atom stereocenters. The number of anilines is 1. The van der Waals surface area contributed by atoms with Crippen molar-refractivity contribution in [2.75, 3.05) is 31.3 Å². The van der Waals surface area contributed by atoms with E-state index in [2.05, 4.69) is 65.7 Å². The molecule has 0 atom stereocenters. The number of carbonyl (C=O) groups is 1. The Balaban J connectivity index is 1.44. The zero-order valence-electron chi connectivity index (χ0n) is 24.7. The van der Waals surface area contributed by atoms with E-state index in [1.807, 2.05) is 36.2 Å². The summed E-state index contributed by atoms with van der Waals surface area (Å²) < 4.78 is 7.94. The van der Waals surface area contributed by atoms with E-state index in [-0.39, 0.29) is 16.9 Å². The average Bonchev–Trinajstić information content (AvgIpc) is 3.60. The van der Waals surface area contributed by atoms with E-state index in [1.165, 1.54) is 6.42 Å². The van der Waals surface area contributed by atoms with Crippen molar-refractivity contribution in [3.05, 3.63) is 53.7 Å². The van der Waals surface area contributed by atoms with Gasteiger partial charge in [-0.05, 0) is 65.0 Å². The van der Waals surface area contributed by atoms with Crippen LogP contribution in [0.3, 0.4) is 0 Å². The van der Waals surface area contributed by atoms with Crippen molar-refractivity contribution in [3.63, 3.8) is 0 Å². The molecule has 10 heteroatoms. The molecule has 0 bridgehead atoms. The van der Waals surface area contributed by atoms with Gasteiger partial charge in [0.05, 0.1) is 34.2 Å². The standard InChI is InChI=1S/C30H43N7O2S/c1-8-36(29(4,5)20-39-28(38)30(6)12-10-9-11-13-30)18-21(2)14-25(40-7)35-26-27-31-17-24(23-15-32-33-16-23)37(27)19-22(3)34-26/h14-17,19H,2,8-13,18,20H2,1,3-7H3,(H,32,33)(H,34,35)/b25-14-. The highest BCUT2D eigenvalue weighted by molar-refractivity contribution is 8.02. The van der Waals surface area contributed by atoms with Gasteiger partial charge in [0.15, 0.2) is 11.5 Å². The van der Waals surface area contributed by atoms with E-state index in [0.717, 1.165) is 65.4 Å². The highest BCUT2D eigenvalue weighted by Gasteiger charge is 2.37. The van der Waals surface area contributed by atoms with E-state index in [1.54, 1.807) is 18.0 Å². The fraction of sp³-hybridized carbons (Fsp3) is 0.533. The Bertz CT molecular complexity index is 1350. The van der Waals surface area contributed by atoms with Gasteiger partial charge >= 0.3 is 5.97 Å². The molecule has 1 fully saturated rings. The van der Waals surface area contributed by atoms with Crippen molar-refractivity contribution in [3.8, 4) is 11.3 Å². The summed E-state index contributed by atoms with van der Waals surface area (Å²) in [4.78, 5) is 24.6. The Morgan fingerprint density at radius 1 is 1.32 bits per heavy atom. The summed E-state index contributed by atoms with van der Waals surface area (Å²) in [5, 5.41) is 11.3. The van der Waals surface area contributed by atoms with Crippen LogP contribution in [0.2, 0.25) is 0 Å². The molecule has 0 aliphatic heterocycles. The number of nitrogens with zero attached hydrogens (tertiary/aromatic N) is 5. The van der Waals surface area contributed by atoms with Crippen LogP contribution in [-0.2, 0) is 9.53 Å². The quantitative estimate of drug-likeness (QED) is 0.197. The Morgan fingerprint density at radius 3 is 2.73 bits per heavy atom. The average molecular weight is 566 g/mol. The number of aromatic amines is 1. The fourth-order valence-corrected chi connectivity index (χ4v) is 5.82. The van der Waals surface area contributed by atoms with Gasteiger partial charge in [0.25, 0.3) is 0 Å². The minimum atomic E-state index is -0.347. The summed E-state index contributed by atoms with van der Waals surface area (Å²) in [6.45, 7) is 16.6. The number of imidazole rings is 1. The number of aryl methyl sites for hydroxylation is 1. The number of likely N-dealkylation sites (N-methyl/N-ethyl adjacent to an activating group) is 1. The molecular formula is C30H43N7O2S. The molecule has 3 aromatic rings. The van der Waals surface area contributed by atoms with Crippen LogP contribution >= 0.6 is 11.8 Å². The molecule has 216 valence electrons. The normalized spacial score (nSPS) is 15.9. The van der Waals surface area contributed by atoms with Gasteiger partial charge in [0.1, 0.15) is 6.61 Å². The zero-order valence-corrected chi connectivity index (χ0v) is 25.5. The molecule has 4 rings (SSSR count). The molecule has 0 aromatic carbocycles. The SMILES string of the molecule is C=C(/C=C(/Nc1nc(C)cn2c(-c3cn[nH]c3)cnc12)SC)CN(CC)C(C)(C)COC(=O)C1(C)CCCCC1. The van der Waals surface area contributed by atoms with Crippen molar-refractivity contribution in [2.45, 2.75) is 72.3 Å². The number of nitrogens with one attached hydrogen (secondary N) is 2. The third-order valence-corrected chi connectivity index (χ3v) is 8.50. The van der Waals surface area contributed by atoms with Crippen molar-refractivity contribution < 1.29 is 9.53 Å². The molecule has 1 aliphatic carbocycles. The summed E-state index contributed by atoms with van der Waals surface area (Å²) in [6, 6.07) is 0. The van der Waals surface area contributed by atoms with Crippen molar-refractivity contribution in [1.29, 1.82) is 0 Å². The van der Waals surface area contributed by atoms with Crippen LogP contribution in [0.15, 0.2) is 48.0 Å². The smallest absolute Gasteiger partial charge is 0.311 e. The molecule has 0 amide bonds. The third kappa shape index (κ3) is 6.78. The minimum absolute atomic E-state index is 0.0594. The van der Waals surface area contributed by atoms with E-state index in [0.29, 0.717) is 19.0 Å². The summed E-state index contributed by atoms with van der Waals surface area (Å²) in [5.74, 6) is 0.620. The van der Waals surface area contributed by atoms with Gasteiger partial charge in [0, 0.05) is 30.0 Å². The largest absolute Gasteiger partial charge is 0.463 e. The number of rotatable bonds is 12. The second kappa shape index (κ2) is 12.6. The summed E-state index contributed by atoms with van der Waals surface area (Å²) in [6.07, 6.45) is 16.8. The second-order valence-electron chi connectivity index (χ2n) is 11.6. The molecule has 0 radical (unpaired) electrons. The van der Waals surface area contributed by atoms with Gasteiger partial charge < -0.3 is 10.1 Å². The van der Waals surface area contributed by atoms with E-state index < -0.39 is 0 Å². The number of aromatic nitrogens is 5. The minimum Gasteiger partial charge on any atom is -0.463 e. The molecule has 1 aliphatic rings. The first kappa shape index (κ1) is 29.9. The molecular weight excluding hydrogens is 522 g/mol. The number of hydrogen-bond donors (Lipinski definition) is 2.